The molecule has 3 aromatic heterocycles. The van der Waals surface area contributed by atoms with E-state index in [4.69, 9.17) is 4.74 Å². The number of thiazole rings is 1. The van der Waals surface area contributed by atoms with E-state index in [1.54, 1.807) is 49.0 Å². The van der Waals surface area contributed by atoms with E-state index in [1.807, 2.05) is 0 Å². The lowest BCUT2D eigenvalue weighted by Crippen LogP contribution is -2.15. The Morgan fingerprint density at radius 2 is 1.86 bits per heavy atom. The number of benzene rings is 2. The number of anilines is 1. The normalized spacial score (nSPS) is 11.5. The molecule has 188 valence electrons. The largest absolute Gasteiger partial charge is 0.461 e. The van der Waals surface area contributed by atoms with Gasteiger partial charge in [0.25, 0.3) is 10.0 Å². The number of hydrogen-bond donors (Lipinski definition) is 1. The van der Waals surface area contributed by atoms with Crippen molar-refractivity contribution in [3.05, 3.63) is 89.7 Å². The third kappa shape index (κ3) is 4.68. The number of ether oxygens (including phenoxy) is 1. The van der Waals surface area contributed by atoms with E-state index in [2.05, 4.69) is 14.8 Å². The minimum atomic E-state index is -4.42. The molecule has 0 atom stereocenters. The first-order valence-corrected chi connectivity index (χ1v) is 13.3. The first-order chi connectivity index (χ1) is 17.8. The highest BCUT2D eigenvalue weighted by Gasteiger charge is 2.24. The topological polar surface area (TPSA) is 103 Å². The van der Waals surface area contributed by atoms with Crippen LogP contribution in [0.4, 0.5) is 14.5 Å². The Morgan fingerprint density at radius 1 is 1.08 bits per heavy atom. The fourth-order valence-electron chi connectivity index (χ4n) is 3.78. The molecule has 5 rings (SSSR count). The van der Waals surface area contributed by atoms with Gasteiger partial charge in [0.05, 0.1) is 6.61 Å². The molecule has 0 aliphatic heterocycles. The predicted octanol–water partition coefficient (Wildman–Crippen LogP) is 5.38. The van der Waals surface area contributed by atoms with Gasteiger partial charge in [0, 0.05) is 34.6 Å². The molecule has 8 nitrogen and oxygen atoms in total. The summed E-state index contributed by atoms with van der Waals surface area (Å²) in [7, 11) is -4.42. The van der Waals surface area contributed by atoms with Gasteiger partial charge in [-0.05, 0) is 55.0 Å². The van der Waals surface area contributed by atoms with E-state index < -0.39 is 32.5 Å². The molecule has 0 bridgehead atoms. The molecular formula is C25H18F2N4O4S2. The molecule has 0 saturated heterocycles. The molecule has 0 aliphatic rings. The van der Waals surface area contributed by atoms with Crippen LogP contribution in [-0.4, -0.2) is 35.6 Å². The van der Waals surface area contributed by atoms with Crippen molar-refractivity contribution in [2.24, 2.45) is 0 Å². The summed E-state index contributed by atoms with van der Waals surface area (Å²) in [6.07, 6.45) is 3.25. The second-order valence-electron chi connectivity index (χ2n) is 7.78. The maximum atomic E-state index is 14.2. The molecule has 0 unspecified atom stereocenters. The van der Waals surface area contributed by atoms with Crippen LogP contribution >= 0.6 is 11.3 Å². The second-order valence-corrected chi connectivity index (χ2v) is 10.3. The average molecular weight is 541 g/mol. The van der Waals surface area contributed by atoms with Gasteiger partial charge in [0.1, 0.15) is 27.1 Å². The van der Waals surface area contributed by atoms with E-state index in [9.17, 15) is 22.0 Å². The number of halogens is 2. The summed E-state index contributed by atoms with van der Waals surface area (Å²) >= 11 is 1.31. The summed E-state index contributed by atoms with van der Waals surface area (Å²) in [6.45, 7) is 1.91. The number of rotatable bonds is 7. The third-order valence-corrected chi connectivity index (χ3v) is 7.72. The zero-order valence-corrected chi connectivity index (χ0v) is 20.8. The minimum absolute atomic E-state index is 0.115. The van der Waals surface area contributed by atoms with Crippen LogP contribution in [0.2, 0.25) is 0 Å². The zero-order valence-electron chi connectivity index (χ0n) is 19.2. The van der Waals surface area contributed by atoms with Crippen LogP contribution in [0.3, 0.4) is 0 Å². The number of esters is 1. The number of nitrogens with zero attached hydrogens (tertiary/aromatic N) is 3. The van der Waals surface area contributed by atoms with Gasteiger partial charge in [-0.2, -0.15) is 5.10 Å². The van der Waals surface area contributed by atoms with Crippen LogP contribution < -0.4 is 4.72 Å². The number of fused-ring (bicyclic) bond motifs is 1. The summed E-state index contributed by atoms with van der Waals surface area (Å²) in [5.41, 5.74) is 2.86. The van der Waals surface area contributed by atoms with E-state index >= 15 is 0 Å². The number of pyridine rings is 1. The van der Waals surface area contributed by atoms with Crippen molar-refractivity contribution in [1.82, 2.24) is 14.6 Å². The standard InChI is InChI=1S/C25H18F2N4O4S2/c1-2-35-25(32)20-14-36-24-22(15-8-10-28-11-9-15)23(29-31(20)24)16-4-3-5-18(12-16)30-37(33,34)21-13-17(26)6-7-19(21)27/h3-14,30H,2H2,1H3. The molecule has 0 radical (unpaired) electrons. The van der Waals surface area contributed by atoms with Crippen molar-refractivity contribution in [2.45, 2.75) is 11.8 Å². The quantitative estimate of drug-likeness (QED) is 0.278. The Labute approximate surface area is 214 Å². The number of carbonyl (C=O) groups is 1. The fourth-order valence-corrected chi connectivity index (χ4v) is 5.91. The molecule has 0 saturated carbocycles. The lowest BCUT2D eigenvalue weighted by molar-refractivity contribution is 0.0517. The molecule has 0 spiro atoms. The smallest absolute Gasteiger partial charge is 0.357 e. The molecule has 0 amide bonds. The van der Waals surface area contributed by atoms with Crippen LogP contribution in [0.5, 0.6) is 0 Å². The molecule has 0 aliphatic carbocycles. The lowest BCUT2D eigenvalue weighted by atomic mass is 10.0. The van der Waals surface area contributed by atoms with E-state index in [1.165, 1.54) is 28.0 Å². The Morgan fingerprint density at radius 3 is 2.62 bits per heavy atom. The van der Waals surface area contributed by atoms with E-state index in [0.717, 1.165) is 17.7 Å². The Hall–Kier alpha value is -4.16. The Balaban J connectivity index is 1.62. The first kappa shape index (κ1) is 24.5. The van der Waals surface area contributed by atoms with E-state index in [0.29, 0.717) is 27.7 Å². The van der Waals surface area contributed by atoms with Gasteiger partial charge < -0.3 is 4.74 Å². The van der Waals surface area contributed by atoms with Crippen molar-refractivity contribution in [3.8, 4) is 22.4 Å². The number of aromatic nitrogens is 3. The van der Waals surface area contributed by atoms with Crippen LogP contribution in [-0.2, 0) is 14.8 Å². The summed E-state index contributed by atoms with van der Waals surface area (Å²) < 4.78 is 62.3. The van der Waals surface area contributed by atoms with Gasteiger partial charge >= 0.3 is 5.97 Å². The van der Waals surface area contributed by atoms with Crippen molar-refractivity contribution in [1.29, 1.82) is 0 Å². The van der Waals surface area contributed by atoms with Crippen molar-refractivity contribution in [2.75, 3.05) is 11.3 Å². The maximum Gasteiger partial charge on any atom is 0.357 e. The molecule has 3 heterocycles. The Bertz CT molecular complexity index is 1730. The van der Waals surface area contributed by atoms with Crippen molar-refractivity contribution in [3.63, 3.8) is 0 Å². The highest BCUT2D eigenvalue weighted by molar-refractivity contribution is 7.92. The summed E-state index contributed by atoms with van der Waals surface area (Å²) in [6, 6.07) is 12.1. The van der Waals surface area contributed by atoms with Crippen LogP contribution in [0, 0.1) is 11.6 Å². The highest BCUT2D eigenvalue weighted by Crippen LogP contribution is 2.39. The van der Waals surface area contributed by atoms with Gasteiger partial charge in [0.2, 0.25) is 0 Å². The predicted molar refractivity (Wildman–Crippen MR) is 135 cm³/mol. The number of hydrogen-bond acceptors (Lipinski definition) is 7. The van der Waals surface area contributed by atoms with Crippen LogP contribution in [0.15, 0.2) is 77.3 Å². The van der Waals surface area contributed by atoms with Crippen molar-refractivity contribution < 1.29 is 26.7 Å². The molecular weight excluding hydrogens is 522 g/mol. The van der Waals surface area contributed by atoms with Gasteiger partial charge in [-0.15, -0.1) is 11.3 Å². The van der Waals surface area contributed by atoms with E-state index in [-0.39, 0.29) is 18.0 Å². The van der Waals surface area contributed by atoms with Gasteiger partial charge in [0.15, 0.2) is 5.69 Å². The zero-order chi connectivity index (χ0) is 26.2. The Kier molecular flexibility index (Phi) is 6.44. The monoisotopic (exact) mass is 540 g/mol. The second kappa shape index (κ2) is 9.71. The fraction of sp³-hybridized carbons (Fsp3) is 0.0800. The SMILES string of the molecule is CCOC(=O)c1csc2c(-c3ccncc3)c(-c3cccc(NS(=O)(=O)c4cc(F)ccc4F)c3)nn12. The molecule has 5 aromatic rings. The van der Waals surface area contributed by atoms with Crippen LogP contribution in [0.1, 0.15) is 17.4 Å². The lowest BCUT2D eigenvalue weighted by Gasteiger charge is -2.10. The van der Waals surface area contributed by atoms with Crippen molar-refractivity contribution >= 4 is 37.8 Å². The molecule has 12 heteroatoms. The molecule has 2 aromatic carbocycles. The van der Waals surface area contributed by atoms with Gasteiger partial charge in [-0.3, -0.25) is 9.71 Å². The molecule has 0 fully saturated rings. The third-order valence-electron chi connectivity index (χ3n) is 5.38. The maximum absolute atomic E-state index is 14.2. The van der Waals surface area contributed by atoms with Gasteiger partial charge in [-0.1, -0.05) is 12.1 Å². The summed E-state index contributed by atoms with van der Waals surface area (Å²) in [5.74, 6) is -2.48. The number of sulfonamides is 1. The summed E-state index contributed by atoms with van der Waals surface area (Å²) in [4.78, 5) is 16.4. The summed E-state index contributed by atoms with van der Waals surface area (Å²) in [5, 5.41) is 6.32. The number of nitrogens with one attached hydrogen (secondary N) is 1. The molecule has 1 N–H and O–H groups in total. The first-order valence-electron chi connectivity index (χ1n) is 10.9. The highest BCUT2D eigenvalue weighted by atomic mass is 32.2. The van der Waals surface area contributed by atoms with Crippen LogP contribution in [0.25, 0.3) is 27.2 Å². The minimum Gasteiger partial charge on any atom is -0.461 e. The van der Waals surface area contributed by atoms with Gasteiger partial charge in [-0.25, -0.2) is 26.5 Å². The molecule has 37 heavy (non-hydrogen) atoms. The number of carbonyl (C=O) groups excluding carboxylic acids is 1. The average Bonchev–Trinajstić information content (AvgIpc) is 3.45.